The number of rotatable bonds is 9. The fourth-order valence-electron chi connectivity index (χ4n) is 2.74. The van der Waals surface area contributed by atoms with Crippen LogP contribution in [-0.4, -0.2) is 36.7 Å². The van der Waals surface area contributed by atoms with Crippen molar-refractivity contribution in [2.75, 3.05) is 13.7 Å². The SMILES string of the molecule is COc1cc(C=NNC(=O)COc2c(Br)cc(Br)cc2Br)ccc1OC(=O)c1ccc([N+](=O)[O-])cc1. The predicted molar refractivity (Wildman–Crippen MR) is 142 cm³/mol. The molecule has 0 aliphatic carbocycles. The molecule has 36 heavy (non-hydrogen) atoms. The zero-order chi connectivity index (χ0) is 26.2. The van der Waals surface area contributed by atoms with Crippen molar-refractivity contribution in [2.24, 2.45) is 5.10 Å². The number of benzene rings is 3. The van der Waals surface area contributed by atoms with Gasteiger partial charge in [-0.1, -0.05) is 15.9 Å². The maximum Gasteiger partial charge on any atom is 0.343 e. The number of nitro groups is 1. The number of carbonyl (C=O) groups is 2. The lowest BCUT2D eigenvalue weighted by Gasteiger charge is -2.10. The highest BCUT2D eigenvalue weighted by Crippen LogP contribution is 2.36. The van der Waals surface area contributed by atoms with E-state index in [4.69, 9.17) is 14.2 Å². The second-order valence-electron chi connectivity index (χ2n) is 6.88. The van der Waals surface area contributed by atoms with Crippen LogP contribution in [0.3, 0.4) is 0 Å². The van der Waals surface area contributed by atoms with Crippen LogP contribution in [0.4, 0.5) is 5.69 Å². The van der Waals surface area contributed by atoms with Gasteiger partial charge in [-0.25, -0.2) is 10.2 Å². The molecule has 186 valence electrons. The van der Waals surface area contributed by atoms with E-state index in [1.807, 2.05) is 0 Å². The molecule has 0 atom stereocenters. The third-order valence-electron chi connectivity index (χ3n) is 4.42. The number of hydrogen-bond donors (Lipinski definition) is 1. The van der Waals surface area contributed by atoms with Gasteiger partial charge in [0.05, 0.1) is 32.8 Å². The van der Waals surface area contributed by atoms with Crippen LogP contribution in [0.5, 0.6) is 17.2 Å². The molecule has 0 aromatic heterocycles. The largest absolute Gasteiger partial charge is 0.493 e. The quantitative estimate of drug-likeness (QED) is 0.102. The lowest BCUT2D eigenvalue weighted by molar-refractivity contribution is -0.384. The third-order valence-corrected chi connectivity index (χ3v) is 6.05. The number of carbonyl (C=O) groups excluding carboxylic acids is 2. The Labute approximate surface area is 230 Å². The molecule has 0 heterocycles. The molecule has 3 aromatic carbocycles. The molecule has 3 rings (SSSR count). The van der Waals surface area contributed by atoms with Crippen molar-refractivity contribution in [3.63, 3.8) is 0 Å². The Balaban J connectivity index is 1.58. The second kappa shape index (κ2) is 12.6. The first-order valence-corrected chi connectivity index (χ1v) is 12.3. The van der Waals surface area contributed by atoms with Crippen molar-refractivity contribution in [1.82, 2.24) is 5.43 Å². The van der Waals surface area contributed by atoms with Crippen LogP contribution < -0.4 is 19.6 Å². The van der Waals surface area contributed by atoms with Gasteiger partial charge in [-0.15, -0.1) is 0 Å². The molecule has 13 heteroatoms. The summed E-state index contributed by atoms with van der Waals surface area (Å²) in [6, 6.07) is 13.3. The minimum atomic E-state index is -0.707. The Bertz CT molecular complexity index is 1310. The number of nitrogens with zero attached hydrogens (tertiary/aromatic N) is 2. The van der Waals surface area contributed by atoms with Gasteiger partial charge < -0.3 is 14.2 Å². The molecule has 0 aliphatic heterocycles. The number of nitrogens with one attached hydrogen (secondary N) is 1. The topological polar surface area (TPSA) is 129 Å². The van der Waals surface area contributed by atoms with Crippen molar-refractivity contribution in [3.05, 3.63) is 89.3 Å². The maximum absolute atomic E-state index is 12.4. The third kappa shape index (κ3) is 7.35. The van der Waals surface area contributed by atoms with E-state index in [1.54, 1.807) is 24.3 Å². The number of halogens is 3. The number of ether oxygens (including phenoxy) is 3. The van der Waals surface area contributed by atoms with Gasteiger partial charge in [0.25, 0.3) is 11.6 Å². The summed E-state index contributed by atoms with van der Waals surface area (Å²) in [5.41, 5.74) is 2.92. The van der Waals surface area contributed by atoms with Crippen molar-refractivity contribution < 1.29 is 28.7 Å². The van der Waals surface area contributed by atoms with Crippen molar-refractivity contribution in [1.29, 1.82) is 0 Å². The van der Waals surface area contributed by atoms with E-state index in [0.717, 1.165) is 4.47 Å². The summed E-state index contributed by atoms with van der Waals surface area (Å²) in [6.07, 6.45) is 1.38. The molecule has 1 N–H and O–H groups in total. The second-order valence-corrected chi connectivity index (χ2v) is 9.51. The van der Waals surface area contributed by atoms with Gasteiger partial charge in [-0.05, 0) is 79.9 Å². The minimum absolute atomic E-state index is 0.138. The molecule has 0 spiro atoms. The van der Waals surface area contributed by atoms with Crippen molar-refractivity contribution in [3.8, 4) is 17.2 Å². The summed E-state index contributed by atoms with van der Waals surface area (Å²) in [5.74, 6) is -0.328. The summed E-state index contributed by atoms with van der Waals surface area (Å²) < 4.78 is 18.3. The fourth-order valence-corrected chi connectivity index (χ4v) is 5.23. The molecule has 0 saturated carbocycles. The normalized spacial score (nSPS) is 10.7. The van der Waals surface area contributed by atoms with Crippen molar-refractivity contribution >= 4 is 71.6 Å². The monoisotopic (exact) mass is 683 g/mol. The molecular formula is C23H16Br3N3O7. The predicted octanol–water partition coefficient (Wildman–Crippen LogP) is 5.64. The van der Waals surface area contributed by atoms with E-state index in [2.05, 4.69) is 58.3 Å². The van der Waals surface area contributed by atoms with E-state index >= 15 is 0 Å². The highest BCUT2D eigenvalue weighted by atomic mass is 79.9. The number of hydrazone groups is 1. The smallest absolute Gasteiger partial charge is 0.343 e. The summed E-state index contributed by atoms with van der Waals surface area (Å²) in [6.45, 7) is -0.267. The van der Waals surface area contributed by atoms with Gasteiger partial charge in [-0.2, -0.15) is 5.10 Å². The first kappa shape index (κ1) is 27.3. The van der Waals surface area contributed by atoms with Gasteiger partial charge in [0.2, 0.25) is 0 Å². The standard InChI is InChI=1S/C23H16Br3N3O7/c1-34-20-8-13(2-7-19(20)36-23(31)14-3-5-16(6-4-14)29(32)33)11-27-28-21(30)12-35-22-17(25)9-15(24)10-18(22)26/h2-11H,12H2,1H3,(H,28,30). The minimum Gasteiger partial charge on any atom is -0.493 e. The molecule has 0 unspecified atom stereocenters. The number of non-ortho nitro benzene ring substituents is 1. The molecule has 0 fully saturated rings. The Morgan fingerprint density at radius 3 is 2.31 bits per heavy atom. The summed E-state index contributed by atoms with van der Waals surface area (Å²) in [5, 5.41) is 14.6. The number of esters is 1. The Hall–Kier alpha value is -3.29. The molecule has 3 aromatic rings. The number of hydrogen-bond acceptors (Lipinski definition) is 8. The number of amides is 1. The highest BCUT2D eigenvalue weighted by Gasteiger charge is 2.15. The van der Waals surface area contributed by atoms with E-state index in [-0.39, 0.29) is 29.4 Å². The van der Waals surface area contributed by atoms with Crippen LogP contribution in [-0.2, 0) is 4.79 Å². The van der Waals surface area contributed by atoms with E-state index in [0.29, 0.717) is 20.3 Å². The first-order chi connectivity index (χ1) is 17.2. The van der Waals surface area contributed by atoms with E-state index in [1.165, 1.54) is 43.7 Å². The van der Waals surface area contributed by atoms with Gasteiger partial charge >= 0.3 is 5.97 Å². The molecule has 10 nitrogen and oxygen atoms in total. The van der Waals surface area contributed by atoms with E-state index < -0.39 is 16.8 Å². The lowest BCUT2D eigenvalue weighted by Crippen LogP contribution is -2.24. The zero-order valence-corrected chi connectivity index (χ0v) is 23.1. The summed E-state index contributed by atoms with van der Waals surface area (Å²) in [4.78, 5) is 34.6. The lowest BCUT2D eigenvalue weighted by atomic mass is 10.2. The van der Waals surface area contributed by atoms with Crippen LogP contribution in [0.25, 0.3) is 0 Å². The molecular weight excluding hydrogens is 670 g/mol. The van der Waals surface area contributed by atoms with E-state index in [9.17, 15) is 19.7 Å². The molecule has 0 aliphatic rings. The maximum atomic E-state index is 12.4. The number of nitro benzene ring substituents is 1. The Kier molecular flexibility index (Phi) is 9.56. The van der Waals surface area contributed by atoms with Crippen LogP contribution in [0.15, 0.2) is 73.1 Å². The molecule has 0 saturated heterocycles. The number of methoxy groups -OCH3 is 1. The average Bonchev–Trinajstić information content (AvgIpc) is 2.84. The van der Waals surface area contributed by atoms with Crippen LogP contribution in [0.2, 0.25) is 0 Å². The van der Waals surface area contributed by atoms with Crippen LogP contribution in [0, 0.1) is 10.1 Å². The van der Waals surface area contributed by atoms with Gasteiger partial charge in [0.15, 0.2) is 18.1 Å². The fraction of sp³-hybridized carbons (Fsp3) is 0.0870. The van der Waals surface area contributed by atoms with Gasteiger partial charge in [0.1, 0.15) is 5.75 Å². The van der Waals surface area contributed by atoms with Gasteiger partial charge in [0, 0.05) is 16.6 Å². The van der Waals surface area contributed by atoms with Crippen LogP contribution in [0.1, 0.15) is 15.9 Å². The van der Waals surface area contributed by atoms with Crippen molar-refractivity contribution in [2.45, 2.75) is 0 Å². The molecule has 1 amide bonds. The molecule has 0 bridgehead atoms. The summed E-state index contributed by atoms with van der Waals surface area (Å²) in [7, 11) is 1.40. The Morgan fingerprint density at radius 1 is 1.03 bits per heavy atom. The highest BCUT2D eigenvalue weighted by molar-refractivity contribution is 9.11. The first-order valence-electron chi connectivity index (χ1n) is 9.92. The summed E-state index contributed by atoms with van der Waals surface area (Å²) >= 11 is 10.1. The average molecular weight is 686 g/mol. The van der Waals surface area contributed by atoms with Gasteiger partial charge in [-0.3, -0.25) is 14.9 Å². The Morgan fingerprint density at radius 2 is 1.69 bits per heavy atom. The molecule has 0 radical (unpaired) electrons. The van der Waals surface area contributed by atoms with Crippen LogP contribution >= 0.6 is 47.8 Å². The zero-order valence-electron chi connectivity index (χ0n) is 18.4.